The second-order valence-electron chi connectivity index (χ2n) is 5.96. The van der Waals surface area contributed by atoms with Crippen LogP contribution in [0, 0.1) is 12.8 Å². The summed E-state index contributed by atoms with van der Waals surface area (Å²) in [4.78, 5) is 4.68. The minimum atomic E-state index is 0.720. The van der Waals surface area contributed by atoms with E-state index >= 15 is 0 Å². The van der Waals surface area contributed by atoms with E-state index in [4.69, 9.17) is 0 Å². The molecule has 5 heteroatoms. The van der Waals surface area contributed by atoms with Gasteiger partial charge in [-0.05, 0) is 31.2 Å². The summed E-state index contributed by atoms with van der Waals surface area (Å²) < 4.78 is 0. The number of fused-ring (bicyclic) bond motifs is 1. The summed E-state index contributed by atoms with van der Waals surface area (Å²) in [5.41, 5.74) is 6.98. The van der Waals surface area contributed by atoms with Gasteiger partial charge in [-0.1, -0.05) is 24.3 Å². The lowest BCUT2D eigenvalue weighted by Gasteiger charge is -2.31. The standard InChI is InChI=1S/C16H19N5/c1-11-8-15(19-18-11)17-16-14-5-3-2-4-13(14)10-21(20-16)9-12-6-7-12/h2-5,8,12H,6-7,9-10H2,1H3,(H2,17,18,19,20). The molecule has 1 aliphatic heterocycles. The Hall–Kier alpha value is -2.14. The Balaban J connectivity index is 1.68. The number of hydrazine groups is 1. The second-order valence-corrected chi connectivity index (χ2v) is 5.96. The number of aliphatic imine (C=N–C) groups is 1. The number of hydrogen-bond donors (Lipinski definition) is 2. The number of hydrogen-bond acceptors (Lipinski definition) is 3. The summed E-state index contributed by atoms with van der Waals surface area (Å²) in [6.07, 6.45) is 2.70. The van der Waals surface area contributed by atoms with Crippen LogP contribution < -0.4 is 5.43 Å². The molecule has 0 amide bonds. The van der Waals surface area contributed by atoms with E-state index < -0.39 is 0 Å². The van der Waals surface area contributed by atoms with Gasteiger partial charge in [-0.15, -0.1) is 0 Å². The third-order valence-electron chi connectivity index (χ3n) is 3.99. The van der Waals surface area contributed by atoms with Gasteiger partial charge in [0.25, 0.3) is 0 Å². The summed E-state index contributed by atoms with van der Waals surface area (Å²) in [5.74, 6) is 2.46. The van der Waals surface area contributed by atoms with Crippen molar-refractivity contribution in [3.8, 4) is 0 Å². The third kappa shape index (κ3) is 2.69. The number of amidine groups is 1. The second kappa shape index (κ2) is 5.00. The van der Waals surface area contributed by atoms with Crippen molar-refractivity contribution in [3.05, 3.63) is 47.2 Å². The number of H-pyrrole nitrogens is 1. The Morgan fingerprint density at radius 1 is 1.33 bits per heavy atom. The molecule has 0 radical (unpaired) electrons. The van der Waals surface area contributed by atoms with Crippen molar-refractivity contribution < 1.29 is 0 Å². The van der Waals surface area contributed by atoms with Gasteiger partial charge in [-0.3, -0.25) is 5.10 Å². The lowest BCUT2D eigenvalue weighted by Crippen LogP contribution is -2.47. The molecule has 1 aliphatic carbocycles. The lowest BCUT2D eigenvalue weighted by molar-refractivity contribution is 0.209. The number of benzene rings is 1. The predicted molar refractivity (Wildman–Crippen MR) is 82.2 cm³/mol. The SMILES string of the molecule is Cc1cc(N=C2NN(CC3CC3)Cc3ccccc32)n[nH]1. The van der Waals surface area contributed by atoms with Crippen molar-refractivity contribution in [3.63, 3.8) is 0 Å². The van der Waals surface area contributed by atoms with Crippen LogP contribution in [0.1, 0.15) is 29.7 Å². The molecule has 2 N–H and O–H groups in total. The van der Waals surface area contributed by atoms with Crippen LogP contribution in [-0.2, 0) is 6.54 Å². The first-order valence-corrected chi connectivity index (χ1v) is 7.48. The summed E-state index contributed by atoms with van der Waals surface area (Å²) in [6.45, 7) is 4.01. The quantitative estimate of drug-likeness (QED) is 0.909. The van der Waals surface area contributed by atoms with Crippen molar-refractivity contribution in [2.75, 3.05) is 6.54 Å². The number of rotatable bonds is 3. The molecule has 0 unspecified atom stereocenters. The zero-order valence-corrected chi connectivity index (χ0v) is 12.1. The lowest BCUT2D eigenvalue weighted by atomic mass is 10.0. The molecule has 21 heavy (non-hydrogen) atoms. The zero-order valence-electron chi connectivity index (χ0n) is 12.1. The van der Waals surface area contributed by atoms with E-state index in [2.05, 4.69) is 49.9 Å². The monoisotopic (exact) mass is 281 g/mol. The van der Waals surface area contributed by atoms with Gasteiger partial charge in [0.15, 0.2) is 11.7 Å². The van der Waals surface area contributed by atoms with E-state index in [1.165, 1.54) is 24.0 Å². The van der Waals surface area contributed by atoms with Crippen molar-refractivity contribution in [2.24, 2.45) is 10.9 Å². The maximum absolute atomic E-state index is 4.68. The molecule has 1 fully saturated rings. The van der Waals surface area contributed by atoms with Crippen molar-refractivity contribution in [2.45, 2.75) is 26.3 Å². The highest BCUT2D eigenvalue weighted by Crippen LogP contribution is 2.30. The molecular weight excluding hydrogens is 262 g/mol. The Labute approximate surface area is 124 Å². The Morgan fingerprint density at radius 2 is 2.19 bits per heavy atom. The normalized spacial score (nSPS) is 20.3. The molecule has 2 aromatic rings. The van der Waals surface area contributed by atoms with Crippen LogP contribution >= 0.6 is 0 Å². The van der Waals surface area contributed by atoms with Crippen LogP contribution in [0.4, 0.5) is 5.82 Å². The average Bonchev–Trinajstić information content (AvgIpc) is 3.20. The molecule has 0 saturated heterocycles. The molecule has 1 saturated carbocycles. The fourth-order valence-electron chi connectivity index (χ4n) is 2.73. The molecule has 0 atom stereocenters. The molecule has 0 spiro atoms. The summed E-state index contributed by atoms with van der Waals surface area (Å²) in [6, 6.07) is 10.4. The number of aromatic amines is 1. The van der Waals surface area contributed by atoms with Gasteiger partial charge in [0.2, 0.25) is 0 Å². The fourth-order valence-corrected chi connectivity index (χ4v) is 2.73. The van der Waals surface area contributed by atoms with E-state index in [0.717, 1.165) is 36.4 Å². The van der Waals surface area contributed by atoms with Gasteiger partial charge < -0.3 is 5.43 Å². The Bertz CT molecular complexity index is 683. The summed E-state index contributed by atoms with van der Waals surface area (Å²) >= 11 is 0. The topological polar surface area (TPSA) is 56.3 Å². The number of nitrogens with zero attached hydrogens (tertiary/aromatic N) is 3. The van der Waals surface area contributed by atoms with Crippen LogP contribution in [0.25, 0.3) is 0 Å². The molecule has 0 bridgehead atoms. The highest BCUT2D eigenvalue weighted by Gasteiger charge is 2.28. The largest absolute Gasteiger partial charge is 0.302 e. The van der Waals surface area contributed by atoms with Crippen molar-refractivity contribution in [1.29, 1.82) is 0 Å². The highest BCUT2D eigenvalue weighted by molar-refractivity contribution is 6.01. The van der Waals surface area contributed by atoms with Crippen molar-refractivity contribution in [1.82, 2.24) is 20.6 Å². The average molecular weight is 281 g/mol. The van der Waals surface area contributed by atoms with Crippen molar-refractivity contribution >= 4 is 11.7 Å². The summed E-state index contributed by atoms with van der Waals surface area (Å²) in [7, 11) is 0. The van der Waals surface area contributed by atoms with Gasteiger partial charge in [0, 0.05) is 30.4 Å². The van der Waals surface area contributed by atoms with Gasteiger partial charge in [-0.2, -0.15) is 5.10 Å². The fraction of sp³-hybridized carbons (Fsp3) is 0.375. The maximum atomic E-state index is 4.68. The van der Waals surface area contributed by atoms with E-state index in [0.29, 0.717) is 0 Å². The summed E-state index contributed by atoms with van der Waals surface area (Å²) in [5, 5.41) is 9.42. The van der Waals surface area contributed by atoms with Gasteiger partial charge in [-0.25, -0.2) is 10.0 Å². The molecular formula is C16H19N5. The minimum Gasteiger partial charge on any atom is -0.302 e. The van der Waals surface area contributed by atoms with Gasteiger partial charge in [0.1, 0.15) is 0 Å². The van der Waals surface area contributed by atoms with E-state index in [-0.39, 0.29) is 0 Å². The van der Waals surface area contributed by atoms with E-state index in [1.54, 1.807) is 0 Å². The Kier molecular flexibility index (Phi) is 3.00. The molecule has 1 aromatic heterocycles. The van der Waals surface area contributed by atoms with Crippen LogP contribution in [0.5, 0.6) is 0 Å². The minimum absolute atomic E-state index is 0.720. The van der Waals surface area contributed by atoms with Gasteiger partial charge in [0.05, 0.1) is 0 Å². The van der Waals surface area contributed by atoms with Crippen LogP contribution in [-0.4, -0.2) is 27.6 Å². The van der Waals surface area contributed by atoms with E-state index in [9.17, 15) is 0 Å². The Morgan fingerprint density at radius 3 is 2.95 bits per heavy atom. The molecule has 2 heterocycles. The van der Waals surface area contributed by atoms with Crippen LogP contribution in [0.15, 0.2) is 35.3 Å². The molecule has 1 aromatic carbocycles. The number of nitrogens with one attached hydrogen (secondary N) is 2. The number of aryl methyl sites for hydroxylation is 1. The number of aromatic nitrogens is 2. The third-order valence-corrected chi connectivity index (χ3v) is 3.99. The van der Waals surface area contributed by atoms with E-state index in [1.807, 2.05) is 13.0 Å². The predicted octanol–water partition coefficient (Wildman–Crippen LogP) is 2.53. The molecule has 4 rings (SSSR count). The highest BCUT2D eigenvalue weighted by atomic mass is 15.5. The van der Waals surface area contributed by atoms with Crippen LogP contribution in [0.3, 0.4) is 0 Å². The zero-order chi connectivity index (χ0) is 14.2. The van der Waals surface area contributed by atoms with Gasteiger partial charge >= 0.3 is 0 Å². The maximum Gasteiger partial charge on any atom is 0.175 e. The molecule has 5 nitrogen and oxygen atoms in total. The first-order chi connectivity index (χ1) is 10.3. The molecule has 108 valence electrons. The smallest absolute Gasteiger partial charge is 0.175 e. The first-order valence-electron chi connectivity index (χ1n) is 7.48. The molecule has 2 aliphatic rings. The first kappa shape index (κ1) is 12.6. The van der Waals surface area contributed by atoms with Crippen LogP contribution in [0.2, 0.25) is 0 Å².